The number of ether oxygens (including phenoxy) is 1. The van der Waals surface area contributed by atoms with Crippen LogP contribution in [0.25, 0.3) is 10.9 Å². The molecule has 0 bridgehead atoms. The SMILES string of the molecule is COc1[c]cc2c(cnn2C)c1. The van der Waals surface area contributed by atoms with Crippen LogP contribution in [0.15, 0.2) is 18.3 Å². The molecule has 3 nitrogen and oxygen atoms in total. The molecule has 0 aliphatic heterocycles. The van der Waals surface area contributed by atoms with E-state index in [2.05, 4.69) is 11.2 Å². The van der Waals surface area contributed by atoms with E-state index in [9.17, 15) is 0 Å². The molecule has 0 saturated heterocycles. The number of benzene rings is 1. The van der Waals surface area contributed by atoms with Gasteiger partial charge in [0.15, 0.2) is 0 Å². The van der Waals surface area contributed by atoms with E-state index in [-0.39, 0.29) is 0 Å². The minimum atomic E-state index is 0.746. The molecule has 0 saturated carbocycles. The Morgan fingerprint density at radius 3 is 3.17 bits per heavy atom. The average Bonchev–Trinajstić information content (AvgIpc) is 2.47. The molecular formula is C9H9N2O. The summed E-state index contributed by atoms with van der Waals surface area (Å²) in [4.78, 5) is 0. The monoisotopic (exact) mass is 161 g/mol. The fourth-order valence-electron chi connectivity index (χ4n) is 1.19. The topological polar surface area (TPSA) is 27.1 Å². The second-order valence-corrected chi connectivity index (χ2v) is 2.61. The molecule has 2 aromatic rings. The largest absolute Gasteiger partial charge is 0.496 e. The molecule has 0 unspecified atom stereocenters. The molecule has 0 atom stereocenters. The van der Waals surface area contributed by atoms with Crippen LogP contribution in [0.4, 0.5) is 0 Å². The Hall–Kier alpha value is -1.51. The van der Waals surface area contributed by atoms with Gasteiger partial charge in [0, 0.05) is 18.5 Å². The normalized spacial score (nSPS) is 10.5. The first-order chi connectivity index (χ1) is 5.81. The first-order valence-electron chi connectivity index (χ1n) is 3.68. The van der Waals surface area contributed by atoms with Crippen LogP contribution >= 0.6 is 0 Å². The molecule has 0 spiro atoms. The number of rotatable bonds is 1. The average molecular weight is 161 g/mol. The van der Waals surface area contributed by atoms with Gasteiger partial charge in [0.2, 0.25) is 0 Å². The lowest BCUT2D eigenvalue weighted by Crippen LogP contribution is -1.88. The molecule has 0 fully saturated rings. The second kappa shape index (κ2) is 2.52. The quantitative estimate of drug-likeness (QED) is 0.631. The predicted octanol–water partition coefficient (Wildman–Crippen LogP) is 1.38. The van der Waals surface area contributed by atoms with Crippen molar-refractivity contribution in [2.24, 2.45) is 7.05 Å². The highest BCUT2D eigenvalue weighted by Gasteiger charge is 1.99. The van der Waals surface area contributed by atoms with Crippen LogP contribution in [-0.2, 0) is 7.05 Å². The van der Waals surface area contributed by atoms with Gasteiger partial charge >= 0.3 is 0 Å². The van der Waals surface area contributed by atoms with E-state index in [1.807, 2.05) is 30.1 Å². The molecule has 1 aromatic carbocycles. The van der Waals surface area contributed by atoms with Crippen LogP contribution in [0.3, 0.4) is 0 Å². The van der Waals surface area contributed by atoms with Gasteiger partial charge in [0.25, 0.3) is 0 Å². The van der Waals surface area contributed by atoms with Gasteiger partial charge in [-0.1, -0.05) is 0 Å². The summed E-state index contributed by atoms with van der Waals surface area (Å²) in [7, 11) is 3.54. The van der Waals surface area contributed by atoms with E-state index >= 15 is 0 Å². The molecule has 1 heterocycles. The van der Waals surface area contributed by atoms with Crippen molar-refractivity contribution in [3.8, 4) is 5.75 Å². The van der Waals surface area contributed by atoms with E-state index in [1.165, 1.54) is 0 Å². The molecule has 1 aromatic heterocycles. The van der Waals surface area contributed by atoms with Crippen LogP contribution in [0.2, 0.25) is 0 Å². The maximum atomic E-state index is 5.04. The highest BCUT2D eigenvalue weighted by atomic mass is 16.5. The number of aromatic nitrogens is 2. The first-order valence-corrected chi connectivity index (χ1v) is 3.68. The zero-order valence-corrected chi connectivity index (χ0v) is 7.03. The van der Waals surface area contributed by atoms with Crippen LogP contribution < -0.4 is 4.74 Å². The van der Waals surface area contributed by atoms with Crippen molar-refractivity contribution >= 4 is 10.9 Å². The second-order valence-electron chi connectivity index (χ2n) is 2.61. The lowest BCUT2D eigenvalue weighted by atomic mass is 10.2. The Kier molecular flexibility index (Phi) is 1.50. The zero-order valence-electron chi connectivity index (χ0n) is 7.03. The third-order valence-electron chi connectivity index (χ3n) is 1.87. The van der Waals surface area contributed by atoms with Crippen molar-refractivity contribution in [2.75, 3.05) is 7.11 Å². The molecule has 0 N–H and O–H groups in total. The number of hydrogen-bond acceptors (Lipinski definition) is 2. The van der Waals surface area contributed by atoms with Crippen LogP contribution in [0.1, 0.15) is 0 Å². The Bertz CT molecular complexity index is 406. The minimum absolute atomic E-state index is 0.746. The summed E-state index contributed by atoms with van der Waals surface area (Å²) in [5.74, 6) is 0.746. The van der Waals surface area contributed by atoms with Crippen molar-refractivity contribution in [3.05, 3.63) is 24.4 Å². The maximum absolute atomic E-state index is 5.04. The Morgan fingerprint density at radius 2 is 2.42 bits per heavy atom. The zero-order chi connectivity index (χ0) is 8.55. The van der Waals surface area contributed by atoms with Crippen LogP contribution in [-0.4, -0.2) is 16.9 Å². The standard InChI is InChI=1S/C9H9N2O/c1-11-9-4-3-8(12-2)5-7(9)6-10-11/h4-6H,1-2H3. The smallest absolute Gasteiger partial charge is 0.127 e. The Labute approximate surface area is 70.6 Å². The molecule has 3 heteroatoms. The van der Waals surface area contributed by atoms with E-state index in [1.54, 1.807) is 7.11 Å². The molecule has 2 rings (SSSR count). The first kappa shape index (κ1) is 7.16. The summed E-state index contributed by atoms with van der Waals surface area (Å²) < 4.78 is 6.85. The molecule has 12 heavy (non-hydrogen) atoms. The number of hydrogen-bond donors (Lipinski definition) is 0. The fraction of sp³-hybridized carbons (Fsp3) is 0.222. The minimum Gasteiger partial charge on any atom is -0.496 e. The number of nitrogens with zero attached hydrogens (tertiary/aromatic N) is 2. The summed E-state index contributed by atoms with van der Waals surface area (Å²) in [6.07, 6.45) is 1.81. The van der Waals surface area contributed by atoms with Crippen LogP contribution in [0, 0.1) is 6.07 Å². The molecule has 61 valence electrons. The van der Waals surface area contributed by atoms with Crippen molar-refractivity contribution in [1.29, 1.82) is 0 Å². The van der Waals surface area contributed by atoms with Crippen molar-refractivity contribution in [2.45, 2.75) is 0 Å². The lowest BCUT2D eigenvalue weighted by molar-refractivity contribution is 0.414. The van der Waals surface area contributed by atoms with Gasteiger partial charge < -0.3 is 4.74 Å². The van der Waals surface area contributed by atoms with E-state index in [0.717, 1.165) is 16.7 Å². The number of aryl methyl sites for hydroxylation is 1. The van der Waals surface area contributed by atoms with Gasteiger partial charge in [-0.25, -0.2) is 0 Å². The Balaban J connectivity index is 2.69. The highest BCUT2D eigenvalue weighted by Crippen LogP contribution is 2.18. The molecule has 0 amide bonds. The van der Waals surface area contributed by atoms with Crippen molar-refractivity contribution in [1.82, 2.24) is 9.78 Å². The van der Waals surface area contributed by atoms with E-state index in [0.29, 0.717) is 0 Å². The van der Waals surface area contributed by atoms with Crippen LogP contribution in [0.5, 0.6) is 5.75 Å². The highest BCUT2D eigenvalue weighted by molar-refractivity contribution is 5.79. The third-order valence-corrected chi connectivity index (χ3v) is 1.87. The number of methoxy groups -OCH3 is 1. The summed E-state index contributed by atoms with van der Waals surface area (Å²) in [5, 5.41) is 5.19. The fourth-order valence-corrected chi connectivity index (χ4v) is 1.19. The third kappa shape index (κ3) is 0.942. The van der Waals surface area contributed by atoms with Gasteiger partial charge in [-0.15, -0.1) is 0 Å². The summed E-state index contributed by atoms with van der Waals surface area (Å²) in [6.45, 7) is 0. The van der Waals surface area contributed by atoms with Gasteiger partial charge in [-0.3, -0.25) is 4.68 Å². The summed E-state index contributed by atoms with van der Waals surface area (Å²) in [6, 6.07) is 6.80. The van der Waals surface area contributed by atoms with E-state index in [4.69, 9.17) is 4.74 Å². The van der Waals surface area contributed by atoms with Gasteiger partial charge in [-0.05, 0) is 12.1 Å². The maximum Gasteiger partial charge on any atom is 0.127 e. The molecular weight excluding hydrogens is 152 g/mol. The van der Waals surface area contributed by atoms with Gasteiger partial charge in [0.1, 0.15) is 5.75 Å². The van der Waals surface area contributed by atoms with E-state index < -0.39 is 0 Å². The van der Waals surface area contributed by atoms with Crippen molar-refractivity contribution in [3.63, 3.8) is 0 Å². The molecule has 0 aliphatic carbocycles. The molecule has 1 radical (unpaired) electrons. The summed E-state index contributed by atoms with van der Waals surface area (Å²) >= 11 is 0. The lowest BCUT2D eigenvalue weighted by Gasteiger charge is -1.98. The predicted molar refractivity (Wildman–Crippen MR) is 46.1 cm³/mol. The number of fused-ring (bicyclic) bond motifs is 1. The van der Waals surface area contributed by atoms with Gasteiger partial charge in [-0.2, -0.15) is 5.10 Å². The van der Waals surface area contributed by atoms with Crippen molar-refractivity contribution < 1.29 is 4.74 Å². The summed E-state index contributed by atoms with van der Waals surface area (Å²) in [5.41, 5.74) is 1.07. The Morgan fingerprint density at radius 1 is 1.58 bits per heavy atom. The molecule has 0 aliphatic rings. The van der Waals surface area contributed by atoms with Gasteiger partial charge in [0.05, 0.1) is 18.8 Å².